The summed E-state index contributed by atoms with van der Waals surface area (Å²) in [7, 11) is 1.83. The molecule has 0 bridgehead atoms. The lowest BCUT2D eigenvalue weighted by molar-refractivity contribution is -0.122. The number of nitrogens with zero attached hydrogens (tertiary/aromatic N) is 3. The number of para-hydroxylation sites is 1. The molecule has 126 valence electrons. The second-order valence-corrected chi connectivity index (χ2v) is 6.49. The largest absolute Gasteiger partial charge is 0.454 e. The summed E-state index contributed by atoms with van der Waals surface area (Å²) in [6.45, 7) is 1.33. The number of carbonyl (C=O) groups excluding carboxylic acids is 2. The Morgan fingerprint density at radius 1 is 1.40 bits per heavy atom. The second kappa shape index (κ2) is 6.87. The van der Waals surface area contributed by atoms with Gasteiger partial charge in [0.05, 0.1) is 11.6 Å². The normalized spacial score (nSPS) is 11.9. The maximum atomic E-state index is 12.3. The van der Waals surface area contributed by atoms with Crippen molar-refractivity contribution in [2.75, 3.05) is 6.61 Å². The minimum absolute atomic E-state index is 0.393. The van der Waals surface area contributed by atoms with Gasteiger partial charge in [0.25, 0.3) is 0 Å². The third-order valence-electron chi connectivity index (χ3n) is 3.80. The number of hydrogen-bond donors (Lipinski definition) is 0. The molecule has 0 aliphatic heterocycles. The van der Waals surface area contributed by atoms with Gasteiger partial charge in [0.2, 0.25) is 0 Å². The first-order valence-corrected chi connectivity index (χ1v) is 8.44. The highest BCUT2D eigenvalue weighted by atomic mass is 32.1. The zero-order valence-electron chi connectivity index (χ0n) is 13.7. The number of benzene rings is 1. The summed E-state index contributed by atoms with van der Waals surface area (Å²) in [6, 6.07) is 9.37. The number of Topliss-reactive ketones (excluding diaryl/α,β-unsaturated/α-hetero) is 1. The summed E-state index contributed by atoms with van der Waals surface area (Å²) in [6.07, 6.45) is 1.67. The smallest absolute Gasteiger partial charge is 0.340 e. The standard InChI is InChI=1S/C18H15N3O3S/c1-11-10-25-17(20-11)13(7-19)16(22)9-24-18(23)14-8-21(2)15-6-4-3-5-12(14)15/h3-6,8,10,13H,9H2,1-2H3/t13-/m0/s1. The van der Waals surface area contributed by atoms with Crippen LogP contribution in [0, 0.1) is 18.3 Å². The molecule has 0 aliphatic carbocycles. The van der Waals surface area contributed by atoms with Gasteiger partial charge in [0.15, 0.2) is 18.3 Å². The number of esters is 1. The van der Waals surface area contributed by atoms with Crippen molar-refractivity contribution in [1.29, 1.82) is 5.26 Å². The lowest BCUT2D eigenvalue weighted by Gasteiger charge is -2.06. The van der Waals surface area contributed by atoms with Crippen LogP contribution in [-0.2, 0) is 16.6 Å². The molecule has 1 aromatic carbocycles. The van der Waals surface area contributed by atoms with Crippen molar-refractivity contribution < 1.29 is 14.3 Å². The van der Waals surface area contributed by atoms with Crippen molar-refractivity contribution in [2.45, 2.75) is 12.8 Å². The molecule has 2 aromatic heterocycles. The highest BCUT2D eigenvalue weighted by Gasteiger charge is 2.25. The van der Waals surface area contributed by atoms with Crippen molar-refractivity contribution in [3.63, 3.8) is 0 Å². The van der Waals surface area contributed by atoms with E-state index < -0.39 is 24.3 Å². The predicted molar refractivity (Wildman–Crippen MR) is 93.4 cm³/mol. The van der Waals surface area contributed by atoms with Crippen LogP contribution >= 0.6 is 11.3 Å². The van der Waals surface area contributed by atoms with Crippen LogP contribution in [0.5, 0.6) is 0 Å². The van der Waals surface area contributed by atoms with E-state index >= 15 is 0 Å². The molecule has 0 saturated carbocycles. The van der Waals surface area contributed by atoms with Gasteiger partial charge in [0.1, 0.15) is 5.01 Å². The first-order chi connectivity index (χ1) is 12.0. The van der Waals surface area contributed by atoms with E-state index in [1.54, 1.807) is 18.5 Å². The molecule has 3 aromatic rings. The van der Waals surface area contributed by atoms with Gasteiger partial charge in [-0.25, -0.2) is 9.78 Å². The third kappa shape index (κ3) is 3.30. The van der Waals surface area contributed by atoms with E-state index in [9.17, 15) is 14.9 Å². The average Bonchev–Trinajstić information content (AvgIpc) is 3.18. The third-order valence-corrected chi connectivity index (χ3v) is 4.82. The number of hydrogen-bond acceptors (Lipinski definition) is 6. The number of rotatable bonds is 5. The zero-order chi connectivity index (χ0) is 18.0. The van der Waals surface area contributed by atoms with E-state index in [0.717, 1.165) is 16.6 Å². The van der Waals surface area contributed by atoms with Crippen LogP contribution in [0.3, 0.4) is 0 Å². The monoisotopic (exact) mass is 353 g/mol. The molecule has 7 heteroatoms. The molecule has 2 heterocycles. The summed E-state index contributed by atoms with van der Waals surface area (Å²) in [5.41, 5.74) is 2.04. The van der Waals surface area contributed by atoms with Crippen molar-refractivity contribution in [1.82, 2.24) is 9.55 Å². The van der Waals surface area contributed by atoms with Crippen molar-refractivity contribution in [2.24, 2.45) is 7.05 Å². The minimum atomic E-state index is -1.01. The van der Waals surface area contributed by atoms with Gasteiger partial charge >= 0.3 is 5.97 Å². The topological polar surface area (TPSA) is 85.0 Å². The van der Waals surface area contributed by atoms with Crippen LogP contribution in [0.1, 0.15) is 27.0 Å². The molecule has 0 N–H and O–H groups in total. The van der Waals surface area contributed by atoms with Crippen LogP contribution in [-0.4, -0.2) is 27.9 Å². The molecule has 0 spiro atoms. The highest BCUT2D eigenvalue weighted by Crippen LogP contribution is 2.23. The fourth-order valence-corrected chi connectivity index (χ4v) is 3.43. The van der Waals surface area contributed by atoms with Crippen LogP contribution in [0.15, 0.2) is 35.8 Å². The molecule has 3 rings (SSSR count). The molecule has 0 fully saturated rings. The molecule has 1 atom stereocenters. The van der Waals surface area contributed by atoms with Crippen LogP contribution < -0.4 is 0 Å². The minimum Gasteiger partial charge on any atom is -0.454 e. The van der Waals surface area contributed by atoms with E-state index in [-0.39, 0.29) is 0 Å². The van der Waals surface area contributed by atoms with Crippen LogP contribution in [0.4, 0.5) is 0 Å². The van der Waals surface area contributed by atoms with E-state index in [1.165, 1.54) is 11.3 Å². The Kier molecular flexibility index (Phi) is 4.63. The van der Waals surface area contributed by atoms with E-state index in [0.29, 0.717) is 10.6 Å². The number of aromatic nitrogens is 2. The molecule has 0 aliphatic rings. The Hall–Kier alpha value is -2.98. The molecule has 0 radical (unpaired) electrons. The number of ketones is 1. The number of nitriles is 1. The predicted octanol–water partition coefficient (Wildman–Crippen LogP) is 2.98. The van der Waals surface area contributed by atoms with Gasteiger partial charge in [0, 0.05) is 35.2 Å². The van der Waals surface area contributed by atoms with Gasteiger partial charge in [-0.1, -0.05) is 18.2 Å². The summed E-state index contributed by atoms with van der Waals surface area (Å²) < 4.78 is 6.97. The molecule has 6 nitrogen and oxygen atoms in total. The van der Waals surface area contributed by atoms with Crippen molar-refractivity contribution >= 4 is 34.0 Å². The molecule has 0 amide bonds. The summed E-state index contributed by atoms with van der Waals surface area (Å²) in [4.78, 5) is 28.8. The Morgan fingerprint density at radius 2 is 2.16 bits per heavy atom. The molecular formula is C18H15N3O3S. The van der Waals surface area contributed by atoms with Gasteiger partial charge in [-0.05, 0) is 13.0 Å². The maximum Gasteiger partial charge on any atom is 0.340 e. The zero-order valence-corrected chi connectivity index (χ0v) is 14.5. The fourth-order valence-electron chi connectivity index (χ4n) is 2.57. The van der Waals surface area contributed by atoms with Crippen LogP contribution in [0.25, 0.3) is 10.9 Å². The highest BCUT2D eigenvalue weighted by molar-refractivity contribution is 7.09. The van der Waals surface area contributed by atoms with Gasteiger partial charge in [-0.2, -0.15) is 5.26 Å². The molecule has 25 heavy (non-hydrogen) atoms. The van der Waals surface area contributed by atoms with Crippen LogP contribution in [0.2, 0.25) is 0 Å². The van der Waals surface area contributed by atoms with E-state index in [2.05, 4.69) is 4.98 Å². The number of thiazole rings is 1. The lowest BCUT2D eigenvalue weighted by atomic mass is 10.1. The number of ether oxygens (including phenoxy) is 1. The molecule has 0 unspecified atom stereocenters. The Morgan fingerprint density at radius 3 is 2.84 bits per heavy atom. The first kappa shape index (κ1) is 16.9. The first-order valence-electron chi connectivity index (χ1n) is 7.56. The van der Waals surface area contributed by atoms with Gasteiger partial charge < -0.3 is 9.30 Å². The second-order valence-electron chi connectivity index (χ2n) is 5.60. The number of carbonyl (C=O) groups is 2. The molecule has 0 saturated heterocycles. The quantitative estimate of drug-likeness (QED) is 0.658. The average molecular weight is 353 g/mol. The number of fused-ring (bicyclic) bond motifs is 1. The fraction of sp³-hybridized carbons (Fsp3) is 0.222. The Balaban J connectivity index is 1.73. The van der Waals surface area contributed by atoms with E-state index in [4.69, 9.17) is 4.74 Å². The lowest BCUT2D eigenvalue weighted by Crippen LogP contribution is -2.19. The Labute approximate surface area is 148 Å². The van der Waals surface area contributed by atoms with Crippen molar-refractivity contribution in [3.8, 4) is 6.07 Å². The Bertz CT molecular complexity index is 997. The SMILES string of the molecule is Cc1csc([C@@H](C#N)C(=O)COC(=O)c2cn(C)c3ccccc23)n1. The summed E-state index contributed by atoms with van der Waals surface area (Å²) in [5, 5.41) is 12.2. The maximum absolute atomic E-state index is 12.3. The van der Waals surface area contributed by atoms with E-state index in [1.807, 2.05) is 41.9 Å². The number of aryl methyl sites for hydroxylation is 2. The van der Waals surface area contributed by atoms with Gasteiger partial charge in [-0.15, -0.1) is 11.3 Å². The summed E-state index contributed by atoms with van der Waals surface area (Å²) in [5.74, 6) is -2.08. The molecular weight excluding hydrogens is 338 g/mol. The summed E-state index contributed by atoms with van der Waals surface area (Å²) >= 11 is 1.25. The van der Waals surface area contributed by atoms with Gasteiger partial charge in [-0.3, -0.25) is 4.79 Å². The van der Waals surface area contributed by atoms with Crippen molar-refractivity contribution in [3.05, 3.63) is 52.1 Å².